The highest BCUT2D eigenvalue weighted by molar-refractivity contribution is 7.10. The summed E-state index contributed by atoms with van der Waals surface area (Å²) in [5.74, 6) is -0.646. The molecule has 5 nitrogen and oxygen atoms in total. The number of amides is 1. The number of hydrogen-bond donors (Lipinski definition) is 1. The Labute approximate surface area is 174 Å². The van der Waals surface area contributed by atoms with Gasteiger partial charge in [-0.1, -0.05) is 31.0 Å². The second-order valence-corrected chi connectivity index (χ2v) is 8.83. The van der Waals surface area contributed by atoms with E-state index in [0.29, 0.717) is 11.3 Å². The van der Waals surface area contributed by atoms with Crippen molar-refractivity contribution in [2.75, 3.05) is 0 Å². The molecule has 2 heterocycles. The van der Waals surface area contributed by atoms with Gasteiger partial charge in [0.15, 0.2) is 0 Å². The van der Waals surface area contributed by atoms with Crippen molar-refractivity contribution in [3.8, 4) is 5.75 Å². The Morgan fingerprint density at radius 1 is 1.17 bits per heavy atom. The molecule has 0 bridgehead atoms. The van der Waals surface area contributed by atoms with Crippen LogP contribution in [0.15, 0.2) is 47.4 Å². The van der Waals surface area contributed by atoms with Crippen LogP contribution in [0.1, 0.15) is 56.0 Å². The maximum Gasteiger partial charge on any atom is 0.295 e. The highest BCUT2D eigenvalue weighted by Gasteiger charge is 2.49. The lowest BCUT2D eigenvalue weighted by atomic mass is 9.99. The standard InChI is InChI=1S/C23H25NO4S/c1-14(2)28-17-10-5-7-15(13-17)21(25)19-20(18-11-6-12-29-18)24(23(27)22(19)26)16-8-3-4-9-16/h5-7,10-14,16,20,25H,3-4,8-9H2,1-2H3/b21-19-. The molecule has 1 saturated carbocycles. The molecule has 2 aromatic rings. The van der Waals surface area contributed by atoms with Crippen molar-refractivity contribution >= 4 is 28.8 Å². The average Bonchev–Trinajstić information content (AvgIpc) is 3.43. The van der Waals surface area contributed by atoms with E-state index >= 15 is 0 Å². The molecule has 2 aliphatic rings. The molecule has 1 aromatic carbocycles. The van der Waals surface area contributed by atoms with Gasteiger partial charge in [-0.15, -0.1) is 11.3 Å². The smallest absolute Gasteiger partial charge is 0.295 e. The van der Waals surface area contributed by atoms with Crippen molar-refractivity contribution in [1.29, 1.82) is 0 Å². The Hall–Kier alpha value is -2.60. The number of ketones is 1. The summed E-state index contributed by atoms with van der Waals surface area (Å²) in [6.45, 7) is 3.85. The van der Waals surface area contributed by atoms with Gasteiger partial charge in [0, 0.05) is 16.5 Å². The van der Waals surface area contributed by atoms with E-state index in [0.717, 1.165) is 30.6 Å². The highest BCUT2D eigenvalue weighted by atomic mass is 32.1. The molecule has 6 heteroatoms. The number of likely N-dealkylation sites (tertiary alicyclic amines) is 1. The van der Waals surface area contributed by atoms with Gasteiger partial charge in [0.2, 0.25) is 0 Å². The SMILES string of the molecule is CC(C)Oc1cccc(/C(O)=C2/C(=O)C(=O)N(C3CCCC3)C2c2cccs2)c1. The molecule has 1 aliphatic heterocycles. The summed E-state index contributed by atoms with van der Waals surface area (Å²) in [6.07, 6.45) is 3.89. The number of hydrogen-bond acceptors (Lipinski definition) is 5. The number of nitrogens with zero attached hydrogens (tertiary/aromatic N) is 1. The maximum atomic E-state index is 13.0. The highest BCUT2D eigenvalue weighted by Crippen LogP contribution is 2.44. The van der Waals surface area contributed by atoms with Gasteiger partial charge in [0.1, 0.15) is 11.5 Å². The molecular formula is C23H25NO4S. The van der Waals surface area contributed by atoms with Crippen LogP contribution in [0.25, 0.3) is 5.76 Å². The second-order valence-electron chi connectivity index (χ2n) is 7.85. The predicted molar refractivity (Wildman–Crippen MR) is 113 cm³/mol. The Kier molecular flexibility index (Phi) is 5.46. The third kappa shape index (κ3) is 3.69. The van der Waals surface area contributed by atoms with E-state index in [1.165, 1.54) is 11.3 Å². The van der Waals surface area contributed by atoms with Gasteiger partial charge >= 0.3 is 0 Å². The number of carbonyl (C=O) groups is 2. The fourth-order valence-corrected chi connectivity index (χ4v) is 5.11. The molecule has 1 amide bonds. The lowest BCUT2D eigenvalue weighted by Gasteiger charge is -2.29. The van der Waals surface area contributed by atoms with Gasteiger partial charge in [-0.3, -0.25) is 9.59 Å². The molecule has 1 atom stereocenters. The molecule has 1 unspecified atom stereocenters. The van der Waals surface area contributed by atoms with Crippen LogP contribution in [0.2, 0.25) is 0 Å². The van der Waals surface area contributed by atoms with Crippen molar-refractivity contribution in [3.05, 3.63) is 57.8 Å². The van der Waals surface area contributed by atoms with Crippen LogP contribution in [-0.4, -0.2) is 33.8 Å². The molecule has 0 radical (unpaired) electrons. The van der Waals surface area contributed by atoms with Crippen molar-refractivity contribution in [2.24, 2.45) is 0 Å². The zero-order valence-electron chi connectivity index (χ0n) is 16.6. The Balaban J connectivity index is 1.81. The van der Waals surface area contributed by atoms with Crippen LogP contribution < -0.4 is 4.74 Å². The molecule has 1 N–H and O–H groups in total. The van der Waals surface area contributed by atoms with Crippen LogP contribution in [-0.2, 0) is 9.59 Å². The first-order valence-electron chi connectivity index (χ1n) is 10.1. The molecule has 0 spiro atoms. The molecule has 29 heavy (non-hydrogen) atoms. The number of thiophene rings is 1. The molecule has 1 aliphatic carbocycles. The Morgan fingerprint density at radius 2 is 1.93 bits per heavy atom. The van der Waals surface area contributed by atoms with Gasteiger partial charge in [0.05, 0.1) is 17.7 Å². The second kappa shape index (κ2) is 8.03. The average molecular weight is 412 g/mol. The number of ether oxygens (including phenoxy) is 1. The first-order valence-corrected chi connectivity index (χ1v) is 11.0. The number of aliphatic hydroxyl groups is 1. The molecule has 1 saturated heterocycles. The summed E-state index contributed by atoms with van der Waals surface area (Å²) in [5.41, 5.74) is 0.653. The summed E-state index contributed by atoms with van der Waals surface area (Å²) in [6, 6.07) is 10.4. The van der Waals surface area contributed by atoms with E-state index < -0.39 is 17.7 Å². The fraction of sp³-hybridized carbons (Fsp3) is 0.391. The van der Waals surface area contributed by atoms with Crippen LogP contribution in [0.3, 0.4) is 0 Å². The first-order chi connectivity index (χ1) is 14.0. The lowest BCUT2D eigenvalue weighted by molar-refractivity contribution is -0.141. The molecule has 1 aromatic heterocycles. The summed E-state index contributed by atoms with van der Waals surface area (Å²) in [4.78, 5) is 28.6. The van der Waals surface area contributed by atoms with E-state index in [9.17, 15) is 14.7 Å². The van der Waals surface area contributed by atoms with Crippen LogP contribution in [0, 0.1) is 0 Å². The van der Waals surface area contributed by atoms with Crippen molar-refractivity contribution in [2.45, 2.75) is 57.7 Å². The van der Waals surface area contributed by atoms with Gasteiger partial charge in [0.25, 0.3) is 11.7 Å². The summed E-state index contributed by atoms with van der Waals surface area (Å²) in [5, 5.41) is 13.1. The minimum absolute atomic E-state index is 0.00791. The van der Waals surface area contributed by atoms with Gasteiger partial charge in [-0.2, -0.15) is 0 Å². The largest absolute Gasteiger partial charge is 0.507 e. The number of Topliss-reactive ketones (excluding diaryl/α,β-unsaturated/α-hetero) is 1. The summed E-state index contributed by atoms with van der Waals surface area (Å²) >= 11 is 1.50. The monoisotopic (exact) mass is 411 g/mol. The maximum absolute atomic E-state index is 13.0. The van der Waals surface area contributed by atoms with Crippen molar-refractivity contribution < 1.29 is 19.4 Å². The Morgan fingerprint density at radius 3 is 2.59 bits per heavy atom. The van der Waals surface area contributed by atoms with E-state index in [2.05, 4.69) is 0 Å². The van der Waals surface area contributed by atoms with E-state index in [1.54, 1.807) is 23.1 Å². The third-order valence-electron chi connectivity index (χ3n) is 5.49. The van der Waals surface area contributed by atoms with E-state index in [-0.39, 0.29) is 23.5 Å². The van der Waals surface area contributed by atoms with Crippen LogP contribution in [0.5, 0.6) is 5.75 Å². The minimum Gasteiger partial charge on any atom is -0.507 e. The van der Waals surface area contributed by atoms with Crippen molar-refractivity contribution in [3.63, 3.8) is 0 Å². The molecule has 152 valence electrons. The Bertz CT molecular complexity index is 942. The number of carbonyl (C=O) groups excluding carboxylic acids is 2. The van der Waals surface area contributed by atoms with Crippen molar-refractivity contribution in [1.82, 2.24) is 4.90 Å². The minimum atomic E-state index is -0.608. The molecular weight excluding hydrogens is 386 g/mol. The summed E-state index contributed by atoms with van der Waals surface area (Å²) < 4.78 is 5.72. The quantitative estimate of drug-likeness (QED) is 0.432. The van der Waals surface area contributed by atoms with Gasteiger partial charge < -0.3 is 14.7 Å². The zero-order valence-corrected chi connectivity index (χ0v) is 17.4. The van der Waals surface area contributed by atoms with Crippen LogP contribution >= 0.6 is 11.3 Å². The van der Waals surface area contributed by atoms with Gasteiger partial charge in [-0.05, 0) is 50.3 Å². The lowest BCUT2D eigenvalue weighted by Crippen LogP contribution is -2.37. The van der Waals surface area contributed by atoms with Crippen LogP contribution in [0.4, 0.5) is 0 Å². The summed E-state index contributed by atoms with van der Waals surface area (Å²) in [7, 11) is 0. The molecule has 2 fully saturated rings. The zero-order chi connectivity index (χ0) is 20.5. The van der Waals surface area contributed by atoms with E-state index in [1.807, 2.05) is 37.4 Å². The normalized spacial score (nSPS) is 22.0. The predicted octanol–water partition coefficient (Wildman–Crippen LogP) is 4.90. The third-order valence-corrected chi connectivity index (χ3v) is 6.41. The first kappa shape index (κ1) is 19.7. The van der Waals surface area contributed by atoms with Gasteiger partial charge in [-0.25, -0.2) is 0 Å². The number of benzene rings is 1. The van der Waals surface area contributed by atoms with E-state index in [4.69, 9.17) is 4.74 Å². The fourth-order valence-electron chi connectivity index (χ4n) is 4.28. The molecule has 4 rings (SSSR count). The number of rotatable bonds is 5. The number of aliphatic hydroxyl groups excluding tert-OH is 1. The topological polar surface area (TPSA) is 66.8 Å².